The standard InChI is InChI=1S/C20H24N6O3/c1-2-25-19-16(13-23-25)18(24-14-6-9-29-10-7-14)17(12-21-19)20(27)22-11-15-5-3-4-8-26(15)28/h3-5,8,12-14H,2,6-7,9-11H2,1H3,(H,21,24)(H,22,27). The van der Waals surface area contributed by atoms with Gasteiger partial charge in [0.25, 0.3) is 5.91 Å². The van der Waals surface area contributed by atoms with Gasteiger partial charge < -0.3 is 20.6 Å². The number of rotatable bonds is 6. The van der Waals surface area contributed by atoms with Gasteiger partial charge in [-0.05, 0) is 25.8 Å². The maximum absolute atomic E-state index is 13.0. The molecule has 152 valence electrons. The minimum absolute atomic E-state index is 0.131. The summed E-state index contributed by atoms with van der Waals surface area (Å²) in [6, 6.07) is 5.31. The Morgan fingerprint density at radius 1 is 1.34 bits per heavy atom. The normalized spacial score (nSPS) is 14.8. The molecule has 4 rings (SSSR count). The van der Waals surface area contributed by atoms with Crippen molar-refractivity contribution >= 4 is 22.6 Å². The summed E-state index contributed by atoms with van der Waals surface area (Å²) in [5.41, 5.74) is 2.36. The topological polar surface area (TPSA) is 108 Å². The Morgan fingerprint density at radius 2 is 2.17 bits per heavy atom. The largest absolute Gasteiger partial charge is 0.618 e. The number of ether oxygens (including phenoxy) is 1. The van der Waals surface area contributed by atoms with Crippen molar-refractivity contribution in [1.82, 2.24) is 20.1 Å². The van der Waals surface area contributed by atoms with Gasteiger partial charge in [-0.15, -0.1) is 0 Å². The fourth-order valence-electron chi connectivity index (χ4n) is 3.50. The quantitative estimate of drug-likeness (QED) is 0.484. The number of anilines is 1. The minimum Gasteiger partial charge on any atom is -0.618 e. The molecule has 1 aliphatic rings. The zero-order valence-corrected chi connectivity index (χ0v) is 16.3. The van der Waals surface area contributed by atoms with Crippen molar-refractivity contribution in [3.8, 4) is 0 Å². The molecular formula is C20H24N6O3. The first-order valence-corrected chi connectivity index (χ1v) is 9.81. The molecule has 29 heavy (non-hydrogen) atoms. The first kappa shape index (κ1) is 19.1. The predicted octanol–water partition coefficient (Wildman–Crippen LogP) is 1.61. The molecule has 0 aromatic carbocycles. The Morgan fingerprint density at radius 3 is 2.93 bits per heavy atom. The molecule has 1 fully saturated rings. The highest BCUT2D eigenvalue weighted by Gasteiger charge is 2.22. The molecule has 0 unspecified atom stereocenters. The SMILES string of the molecule is CCn1ncc2c(NC3CCOCC3)c(C(=O)NCc3cccc[n+]3[O-])cnc21. The molecule has 2 N–H and O–H groups in total. The maximum atomic E-state index is 13.0. The number of nitrogens with zero attached hydrogens (tertiary/aromatic N) is 4. The lowest BCUT2D eigenvalue weighted by Gasteiger charge is -2.25. The van der Waals surface area contributed by atoms with E-state index in [1.165, 1.54) is 6.20 Å². The van der Waals surface area contributed by atoms with Crippen LogP contribution in [-0.4, -0.2) is 39.9 Å². The molecule has 0 saturated carbocycles. The van der Waals surface area contributed by atoms with E-state index >= 15 is 0 Å². The van der Waals surface area contributed by atoms with Gasteiger partial charge in [-0.1, -0.05) is 0 Å². The second-order valence-corrected chi connectivity index (χ2v) is 6.98. The number of pyridine rings is 2. The summed E-state index contributed by atoms with van der Waals surface area (Å²) in [5, 5.41) is 23.4. The summed E-state index contributed by atoms with van der Waals surface area (Å²) in [4.78, 5) is 17.4. The van der Waals surface area contributed by atoms with Crippen LogP contribution in [0.4, 0.5) is 5.69 Å². The van der Waals surface area contributed by atoms with E-state index in [1.807, 2.05) is 6.92 Å². The van der Waals surface area contributed by atoms with E-state index < -0.39 is 0 Å². The highest BCUT2D eigenvalue weighted by molar-refractivity contribution is 6.06. The van der Waals surface area contributed by atoms with Crippen molar-refractivity contribution in [2.75, 3.05) is 18.5 Å². The Kier molecular flexibility index (Phi) is 5.57. The molecule has 0 atom stereocenters. The number of hydrogen-bond donors (Lipinski definition) is 2. The second kappa shape index (κ2) is 8.44. The van der Waals surface area contributed by atoms with Crippen LogP contribution in [0.1, 0.15) is 35.8 Å². The summed E-state index contributed by atoms with van der Waals surface area (Å²) in [5.74, 6) is -0.290. The van der Waals surface area contributed by atoms with E-state index in [4.69, 9.17) is 4.74 Å². The molecule has 1 amide bonds. The fourth-order valence-corrected chi connectivity index (χ4v) is 3.50. The lowest BCUT2D eigenvalue weighted by atomic mass is 10.1. The van der Waals surface area contributed by atoms with Crippen LogP contribution in [0, 0.1) is 5.21 Å². The number of fused-ring (bicyclic) bond motifs is 1. The van der Waals surface area contributed by atoms with E-state index in [0.717, 1.165) is 34.3 Å². The molecule has 4 heterocycles. The van der Waals surface area contributed by atoms with Crippen LogP contribution < -0.4 is 15.4 Å². The lowest BCUT2D eigenvalue weighted by Crippen LogP contribution is -2.36. The van der Waals surface area contributed by atoms with Crippen LogP contribution >= 0.6 is 0 Å². The molecule has 0 spiro atoms. The first-order valence-electron chi connectivity index (χ1n) is 9.81. The highest BCUT2D eigenvalue weighted by Crippen LogP contribution is 2.28. The van der Waals surface area contributed by atoms with Crippen LogP contribution in [0.2, 0.25) is 0 Å². The van der Waals surface area contributed by atoms with Gasteiger partial charge in [-0.2, -0.15) is 9.83 Å². The van der Waals surface area contributed by atoms with Crippen LogP contribution in [0.3, 0.4) is 0 Å². The van der Waals surface area contributed by atoms with Crippen LogP contribution in [0.5, 0.6) is 0 Å². The van der Waals surface area contributed by atoms with E-state index in [9.17, 15) is 10.0 Å². The molecular weight excluding hydrogens is 372 g/mol. The van der Waals surface area contributed by atoms with Gasteiger partial charge in [-0.3, -0.25) is 4.79 Å². The third-order valence-corrected chi connectivity index (χ3v) is 5.11. The number of hydrogen-bond acceptors (Lipinski definition) is 6. The Labute approximate surface area is 168 Å². The second-order valence-electron chi connectivity index (χ2n) is 6.98. The summed E-state index contributed by atoms with van der Waals surface area (Å²) < 4.78 is 7.99. The molecule has 3 aromatic rings. The van der Waals surface area contributed by atoms with Crippen LogP contribution in [-0.2, 0) is 17.8 Å². The lowest BCUT2D eigenvalue weighted by molar-refractivity contribution is -0.614. The van der Waals surface area contributed by atoms with Gasteiger partial charge in [0.15, 0.2) is 11.8 Å². The molecule has 3 aromatic heterocycles. The molecule has 0 radical (unpaired) electrons. The number of aryl methyl sites for hydroxylation is 1. The number of nitrogens with one attached hydrogen (secondary N) is 2. The van der Waals surface area contributed by atoms with Gasteiger partial charge in [-0.25, -0.2) is 9.67 Å². The number of amides is 1. The van der Waals surface area contributed by atoms with E-state index in [1.54, 1.807) is 35.3 Å². The summed E-state index contributed by atoms with van der Waals surface area (Å²) in [7, 11) is 0. The average molecular weight is 396 g/mol. The molecule has 1 saturated heterocycles. The fraction of sp³-hybridized carbons (Fsp3) is 0.400. The van der Waals surface area contributed by atoms with E-state index in [2.05, 4.69) is 20.7 Å². The summed E-state index contributed by atoms with van der Waals surface area (Å²) in [6.07, 6.45) is 6.46. The minimum atomic E-state index is -0.290. The Bertz CT molecular complexity index is 1010. The summed E-state index contributed by atoms with van der Waals surface area (Å²) >= 11 is 0. The average Bonchev–Trinajstić information content (AvgIpc) is 3.17. The van der Waals surface area contributed by atoms with Gasteiger partial charge in [0.05, 0.1) is 22.8 Å². The van der Waals surface area contributed by atoms with Crippen molar-refractivity contribution in [2.24, 2.45) is 0 Å². The molecule has 0 bridgehead atoms. The van der Waals surface area contributed by atoms with E-state index in [-0.39, 0.29) is 18.5 Å². The third-order valence-electron chi connectivity index (χ3n) is 5.11. The number of carbonyl (C=O) groups excluding carboxylic acids is 1. The van der Waals surface area contributed by atoms with Crippen molar-refractivity contribution < 1.29 is 14.3 Å². The van der Waals surface area contributed by atoms with Crippen molar-refractivity contribution in [3.63, 3.8) is 0 Å². The zero-order chi connectivity index (χ0) is 20.2. The smallest absolute Gasteiger partial charge is 0.255 e. The third kappa shape index (κ3) is 4.00. The molecule has 1 aliphatic heterocycles. The summed E-state index contributed by atoms with van der Waals surface area (Å²) in [6.45, 7) is 4.21. The van der Waals surface area contributed by atoms with Gasteiger partial charge in [0.1, 0.15) is 6.54 Å². The molecule has 0 aliphatic carbocycles. The van der Waals surface area contributed by atoms with Gasteiger partial charge in [0, 0.05) is 44.1 Å². The Balaban J connectivity index is 1.63. The highest BCUT2D eigenvalue weighted by atomic mass is 16.5. The van der Waals surface area contributed by atoms with E-state index in [0.29, 0.717) is 31.0 Å². The zero-order valence-electron chi connectivity index (χ0n) is 16.3. The van der Waals surface area contributed by atoms with Gasteiger partial charge in [0.2, 0.25) is 5.69 Å². The van der Waals surface area contributed by atoms with Crippen molar-refractivity contribution in [3.05, 3.63) is 53.3 Å². The molecule has 9 nitrogen and oxygen atoms in total. The number of carbonyl (C=O) groups is 1. The first-order chi connectivity index (χ1) is 14.2. The predicted molar refractivity (Wildman–Crippen MR) is 107 cm³/mol. The van der Waals surface area contributed by atoms with Crippen molar-refractivity contribution in [2.45, 2.75) is 38.9 Å². The van der Waals surface area contributed by atoms with Crippen molar-refractivity contribution in [1.29, 1.82) is 0 Å². The number of aromatic nitrogens is 4. The van der Waals surface area contributed by atoms with Crippen LogP contribution in [0.25, 0.3) is 11.0 Å². The Hall–Kier alpha value is -3.20. The van der Waals surface area contributed by atoms with Crippen LogP contribution in [0.15, 0.2) is 36.8 Å². The van der Waals surface area contributed by atoms with Gasteiger partial charge >= 0.3 is 0 Å². The molecule has 9 heteroatoms. The maximum Gasteiger partial charge on any atom is 0.255 e. The monoisotopic (exact) mass is 396 g/mol.